The Morgan fingerprint density at radius 1 is 1.24 bits per heavy atom. The number of hydrogen-bond donors (Lipinski definition) is 1. The molecule has 0 spiro atoms. The third-order valence-corrected chi connectivity index (χ3v) is 7.01. The van der Waals surface area contributed by atoms with Crippen LogP contribution in [0.4, 0.5) is 0 Å². The number of aliphatic hydroxyl groups is 1. The Morgan fingerprint density at radius 3 is 2.86 bits per heavy atom. The van der Waals surface area contributed by atoms with Crippen LogP contribution in [-0.4, -0.2) is 23.3 Å². The summed E-state index contributed by atoms with van der Waals surface area (Å²) in [6.45, 7) is 4.36. The minimum atomic E-state index is -0.594. The molecule has 1 aliphatic heterocycles. The van der Waals surface area contributed by atoms with E-state index in [-0.39, 0.29) is 11.5 Å². The molecule has 7 atom stereocenters. The zero-order valence-electron chi connectivity index (χ0n) is 13.0. The van der Waals surface area contributed by atoms with Gasteiger partial charge in [0.1, 0.15) is 0 Å². The number of rotatable bonds is 0. The lowest BCUT2D eigenvalue weighted by molar-refractivity contribution is -0.137. The number of allylic oxidation sites excluding steroid dienone is 2. The Hall–Kier alpha value is -0.670. The molecule has 3 heteroatoms. The van der Waals surface area contributed by atoms with E-state index in [0.717, 1.165) is 25.7 Å². The highest BCUT2D eigenvalue weighted by atomic mass is 16.6. The van der Waals surface area contributed by atoms with Crippen LogP contribution in [0.5, 0.6) is 0 Å². The lowest BCUT2D eigenvalue weighted by atomic mass is 9.51. The molecule has 0 radical (unpaired) electrons. The molecule has 2 saturated carbocycles. The van der Waals surface area contributed by atoms with E-state index in [9.17, 15) is 9.90 Å². The van der Waals surface area contributed by atoms with Gasteiger partial charge in [0.15, 0.2) is 12.1 Å². The van der Waals surface area contributed by atoms with Gasteiger partial charge in [-0.3, -0.25) is 4.79 Å². The molecule has 0 aromatic rings. The van der Waals surface area contributed by atoms with Crippen LogP contribution in [0.3, 0.4) is 0 Å². The molecule has 3 nitrogen and oxygen atoms in total. The first kappa shape index (κ1) is 14.0. The molecular weight excluding hydrogens is 264 g/mol. The van der Waals surface area contributed by atoms with Crippen molar-refractivity contribution in [2.75, 3.05) is 0 Å². The Bertz CT molecular complexity index is 497. The Labute approximate surface area is 126 Å². The highest BCUT2D eigenvalue weighted by Gasteiger charge is 2.59. The van der Waals surface area contributed by atoms with Crippen LogP contribution in [0.15, 0.2) is 11.6 Å². The third-order valence-electron chi connectivity index (χ3n) is 7.01. The number of carbonyl (C=O) groups excluding carboxylic acids is 1. The summed E-state index contributed by atoms with van der Waals surface area (Å²) in [4.78, 5) is 11.7. The van der Waals surface area contributed by atoms with E-state index in [0.29, 0.717) is 29.5 Å². The van der Waals surface area contributed by atoms with Crippen LogP contribution >= 0.6 is 0 Å². The first-order chi connectivity index (χ1) is 10.0. The second-order valence-corrected chi connectivity index (χ2v) is 7.96. The third kappa shape index (κ3) is 1.90. The van der Waals surface area contributed by atoms with Crippen LogP contribution in [0.25, 0.3) is 0 Å². The predicted octanol–water partition coefficient (Wildman–Crippen LogP) is 3.07. The molecular formula is C18H26O3. The van der Waals surface area contributed by atoms with Crippen molar-refractivity contribution >= 4 is 5.78 Å². The molecule has 0 aromatic heterocycles. The van der Waals surface area contributed by atoms with Gasteiger partial charge in [-0.25, -0.2) is 0 Å². The van der Waals surface area contributed by atoms with Crippen LogP contribution in [0, 0.1) is 29.1 Å². The zero-order chi connectivity index (χ0) is 14.8. The molecule has 4 rings (SSSR count). The first-order valence-corrected chi connectivity index (χ1v) is 8.57. The molecule has 0 amide bonds. The smallest absolute Gasteiger partial charge is 0.160 e. The van der Waals surface area contributed by atoms with Crippen molar-refractivity contribution in [1.29, 1.82) is 0 Å². The fourth-order valence-corrected chi connectivity index (χ4v) is 6.07. The van der Waals surface area contributed by atoms with E-state index in [2.05, 4.69) is 13.8 Å². The Morgan fingerprint density at radius 2 is 2.05 bits per heavy atom. The minimum Gasteiger partial charge on any atom is -0.367 e. The topological polar surface area (TPSA) is 46.5 Å². The normalized spacial score (nSPS) is 52.7. The van der Waals surface area contributed by atoms with Gasteiger partial charge in [0, 0.05) is 11.8 Å². The summed E-state index contributed by atoms with van der Waals surface area (Å²) in [5, 5.41) is 10.3. The van der Waals surface area contributed by atoms with Crippen molar-refractivity contribution in [3.8, 4) is 0 Å². The molecule has 0 unspecified atom stereocenters. The van der Waals surface area contributed by atoms with Crippen LogP contribution in [-0.2, 0) is 9.53 Å². The number of hydrogen-bond acceptors (Lipinski definition) is 3. The second kappa shape index (κ2) is 4.66. The first-order valence-electron chi connectivity index (χ1n) is 8.57. The second-order valence-electron chi connectivity index (χ2n) is 7.96. The van der Waals surface area contributed by atoms with E-state index >= 15 is 0 Å². The predicted molar refractivity (Wildman–Crippen MR) is 79.4 cm³/mol. The van der Waals surface area contributed by atoms with Gasteiger partial charge in [-0.15, -0.1) is 0 Å². The summed E-state index contributed by atoms with van der Waals surface area (Å²) in [5.74, 6) is 2.79. The number of ketones is 1. The Kier molecular flexibility index (Phi) is 3.10. The molecule has 4 aliphatic rings. The van der Waals surface area contributed by atoms with Gasteiger partial charge in [-0.1, -0.05) is 12.5 Å². The van der Waals surface area contributed by atoms with E-state index in [1.807, 2.05) is 6.08 Å². The highest BCUT2D eigenvalue weighted by molar-refractivity contribution is 5.91. The van der Waals surface area contributed by atoms with E-state index in [1.165, 1.54) is 18.4 Å². The molecule has 1 N–H and O–H groups in total. The van der Waals surface area contributed by atoms with E-state index in [1.54, 1.807) is 0 Å². The molecule has 0 bridgehead atoms. The standard InChI is InChI=1S/C18H26O3/c1-10-16-15-5-3-11-9-12(19)4-6-13(11)14(15)7-8-18(16,2)17(20)21-10/h9-10,13-17,20H,3-8H2,1-2H3/t10-,13+,14-,15-,16+,17+,18+/m1/s1. The van der Waals surface area contributed by atoms with E-state index in [4.69, 9.17) is 4.74 Å². The maximum atomic E-state index is 11.7. The number of aliphatic hydroxyl groups excluding tert-OH is 1. The van der Waals surface area contributed by atoms with Gasteiger partial charge in [-0.2, -0.15) is 0 Å². The highest BCUT2D eigenvalue weighted by Crippen LogP contribution is 2.61. The average molecular weight is 290 g/mol. The fraction of sp³-hybridized carbons (Fsp3) is 0.833. The summed E-state index contributed by atoms with van der Waals surface area (Å²) in [5.41, 5.74) is 1.36. The lowest BCUT2D eigenvalue weighted by Crippen LogP contribution is -2.49. The van der Waals surface area contributed by atoms with Crippen molar-refractivity contribution in [2.24, 2.45) is 29.1 Å². The van der Waals surface area contributed by atoms with Crippen molar-refractivity contribution in [2.45, 2.75) is 64.8 Å². The largest absolute Gasteiger partial charge is 0.367 e. The SMILES string of the molecule is C[C@H]1O[C@H](O)[C@@]2(C)CC[C@H]3[C@@H](CCC4=CC(=O)CC[C@@H]43)[C@H]12. The summed E-state index contributed by atoms with van der Waals surface area (Å²) in [7, 11) is 0. The molecule has 0 aromatic carbocycles. The van der Waals surface area contributed by atoms with Crippen molar-refractivity contribution in [1.82, 2.24) is 0 Å². The number of ether oxygens (including phenoxy) is 1. The minimum absolute atomic E-state index is 0.0632. The number of fused-ring (bicyclic) bond motifs is 5. The molecule has 3 fully saturated rings. The summed E-state index contributed by atoms with van der Waals surface area (Å²) in [6.07, 6.45) is 7.77. The van der Waals surface area contributed by atoms with Crippen molar-refractivity contribution in [3.63, 3.8) is 0 Å². The monoisotopic (exact) mass is 290 g/mol. The summed E-state index contributed by atoms with van der Waals surface area (Å²) < 4.78 is 5.80. The van der Waals surface area contributed by atoms with Crippen LogP contribution in [0.2, 0.25) is 0 Å². The average Bonchev–Trinajstić information content (AvgIpc) is 2.68. The molecule has 21 heavy (non-hydrogen) atoms. The van der Waals surface area contributed by atoms with Crippen molar-refractivity contribution in [3.05, 3.63) is 11.6 Å². The van der Waals surface area contributed by atoms with E-state index < -0.39 is 6.29 Å². The molecule has 116 valence electrons. The molecule has 1 heterocycles. The van der Waals surface area contributed by atoms with Gasteiger partial charge in [0.25, 0.3) is 0 Å². The molecule has 1 saturated heterocycles. The summed E-state index contributed by atoms with van der Waals surface area (Å²) >= 11 is 0. The maximum Gasteiger partial charge on any atom is 0.160 e. The fourth-order valence-electron chi connectivity index (χ4n) is 6.07. The quantitative estimate of drug-likeness (QED) is 0.746. The summed E-state index contributed by atoms with van der Waals surface area (Å²) in [6, 6.07) is 0. The Balaban J connectivity index is 1.66. The molecule has 3 aliphatic carbocycles. The van der Waals surface area contributed by atoms with Crippen molar-refractivity contribution < 1.29 is 14.6 Å². The zero-order valence-corrected chi connectivity index (χ0v) is 13.0. The van der Waals surface area contributed by atoms with Crippen LogP contribution < -0.4 is 0 Å². The van der Waals surface area contributed by atoms with Gasteiger partial charge in [-0.05, 0) is 68.8 Å². The lowest BCUT2D eigenvalue weighted by Gasteiger charge is -2.52. The maximum absolute atomic E-state index is 11.7. The van der Waals surface area contributed by atoms with Crippen LogP contribution in [0.1, 0.15) is 52.4 Å². The van der Waals surface area contributed by atoms with Gasteiger partial charge >= 0.3 is 0 Å². The van der Waals surface area contributed by atoms with Gasteiger partial charge in [0.05, 0.1) is 6.10 Å². The number of carbonyl (C=O) groups is 1. The van der Waals surface area contributed by atoms with Gasteiger partial charge in [0.2, 0.25) is 0 Å². The van der Waals surface area contributed by atoms with Gasteiger partial charge < -0.3 is 9.84 Å².